The summed E-state index contributed by atoms with van der Waals surface area (Å²) in [7, 11) is -1.59. The van der Waals surface area contributed by atoms with Gasteiger partial charge >= 0.3 is 5.97 Å². The van der Waals surface area contributed by atoms with Crippen LogP contribution in [0.4, 0.5) is 0 Å². The van der Waals surface area contributed by atoms with Crippen LogP contribution in [0.2, 0.25) is 18.1 Å². The van der Waals surface area contributed by atoms with Gasteiger partial charge in [-0.25, -0.2) is 0 Å². The molecule has 0 radical (unpaired) electrons. The Kier molecular flexibility index (Phi) is 9.34. The van der Waals surface area contributed by atoms with Gasteiger partial charge in [0.1, 0.15) is 0 Å². The second kappa shape index (κ2) is 9.53. The van der Waals surface area contributed by atoms with Gasteiger partial charge in [-0.2, -0.15) is 0 Å². The average molecular weight is 304 g/mol. The second-order valence-electron chi connectivity index (χ2n) is 6.92. The van der Waals surface area contributed by atoms with Crippen LogP contribution in [0.3, 0.4) is 0 Å². The minimum absolute atomic E-state index is 0.282. The molecule has 0 fully saturated rings. The van der Waals surface area contributed by atoms with Crippen LogP contribution in [0, 0.1) is 0 Å². The lowest BCUT2D eigenvalue weighted by molar-refractivity contribution is -0.137. The van der Waals surface area contributed by atoms with E-state index in [0.29, 0.717) is 6.42 Å². The largest absolute Gasteiger partial charge is 0.481 e. The number of hydrogen-bond donors (Lipinski definition) is 2. The molecule has 0 aliphatic rings. The molecule has 0 saturated carbocycles. The zero-order valence-electron chi connectivity index (χ0n) is 13.9. The van der Waals surface area contributed by atoms with Gasteiger partial charge in [0.05, 0.1) is 0 Å². The molecule has 4 nitrogen and oxygen atoms in total. The van der Waals surface area contributed by atoms with E-state index in [0.717, 1.165) is 45.4 Å². The van der Waals surface area contributed by atoms with E-state index in [9.17, 15) is 4.79 Å². The summed E-state index contributed by atoms with van der Waals surface area (Å²) in [5.74, 6) is -0.694. The van der Waals surface area contributed by atoms with Gasteiger partial charge in [0, 0.05) is 13.0 Å². The highest BCUT2D eigenvalue weighted by atomic mass is 28.4. The highest BCUT2D eigenvalue weighted by Gasteiger charge is 2.36. The molecule has 0 spiro atoms. The maximum absolute atomic E-state index is 10.3. The summed E-state index contributed by atoms with van der Waals surface area (Å²) < 4.78 is 6.10. The first kappa shape index (κ1) is 19.6. The van der Waals surface area contributed by atoms with E-state index in [1.54, 1.807) is 0 Å². The lowest BCUT2D eigenvalue weighted by atomic mass is 10.2. The molecule has 0 rings (SSSR count). The van der Waals surface area contributed by atoms with Crippen LogP contribution in [0.1, 0.15) is 52.9 Å². The predicted octanol–water partition coefficient (Wildman–Crippen LogP) is 3.63. The Morgan fingerprint density at radius 3 is 2.25 bits per heavy atom. The minimum Gasteiger partial charge on any atom is -0.481 e. The molecule has 20 heavy (non-hydrogen) atoms. The fraction of sp³-hybridized carbons (Fsp3) is 0.933. The Labute approximate surface area is 125 Å². The number of unbranched alkanes of at least 4 members (excludes halogenated alkanes) is 2. The van der Waals surface area contributed by atoms with Crippen molar-refractivity contribution in [1.82, 2.24) is 5.32 Å². The fourth-order valence-corrected chi connectivity index (χ4v) is 2.66. The molecule has 0 atom stereocenters. The Bertz CT molecular complexity index is 275. The summed E-state index contributed by atoms with van der Waals surface area (Å²) in [5.41, 5.74) is 0. The molecular formula is C15H33NO3Si. The number of nitrogens with one attached hydrogen (secondary N) is 1. The Hall–Kier alpha value is -0.393. The second-order valence-corrected chi connectivity index (χ2v) is 11.7. The van der Waals surface area contributed by atoms with Crippen LogP contribution in [-0.2, 0) is 9.22 Å². The molecule has 120 valence electrons. The molecule has 0 bridgehead atoms. The van der Waals surface area contributed by atoms with Crippen LogP contribution in [-0.4, -0.2) is 39.1 Å². The zero-order chi connectivity index (χ0) is 15.6. The third-order valence-electron chi connectivity index (χ3n) is 4.01. The third-order valence-corrected chi connectivity index (χ3v) is 8.55. The Balaban J connectivity index is 3.39. The molecule has 0 amide bonds. The number of aliphatic carboxylic acids is 1. The van der Waals surface area contributed by atoms with Gasteiger partial charge < -0.3 is 14.8 Å². The number of hydrogen-bond acceptors (Lipinski definition) is 3. The maximum atomic E-state index is 10.3. The van der Waals surface area contributed by atoms with Gasteiger partial charge in [0.25, 0.3) is 0 Å². The lowest BCUT2D eigenvalue weighted by Gasteiger charge is -2.36. The fourth-order valence-electron chi connectivity index (χ4n) is 1.57. The van der Waals surface area contributed by atoms with E-state index >= 15 is 0 Å². The smallest absolute Gasteiger partial charge is 0.303 e. The maximum Gasteiger partial charge on any atom is 0.303 e. The van der Waals surface area contributed by atoms with Gasteiger partial charge in [-0.05, 0) is 50.5 Å². The van der Waals surface area contributed by atoms with Gasteiger partial charge in [-0.1, -0.05) is 27.2 Å². The Morgan fingerprint density at radius 2 is 1.70 bits per heavy atom. The number of carbonyl (C=O) groups is 1. The molecule has 0 unspecified atom stereocenters. The molecule has 0 aliphatic carbocycles. The molecule has 0 aromatic heterocycles. The summed E-state index contributed by atoms with van der Waals surface area (Å²) in [6, 6.07) is 0. The van der Waals surface area contributed by atoms with Crippen molar-refractivity contribution in [2.75, 3.05) is 19.7 Å². The molecule has 0 saturated heterocycles. The van der Waals surface area contributed by atoms with Crippen molar-refractivity contribution in [3.63, 3.8) is 0 Å². The molecule has 0 aromatic carbocycles. The predicted molar refractivity (Wildman–Crippen MR) is 86.7 cm³/mol. The van der Waals surface area contributed by atoms with Crippen molar-refractivity contribution in [2.45, 2.75) is 71.0 Å². The van der Waals surface area contributed by atoms with E-state index in [-0.39, 0.29) is 5.04 Å². The summed E-state index contributed by atoms with van der Waals surface area (Å²) in [4.78, 5) is 10.3. The third kappa shape index (κ3) is 9.50. The van der Waals surface area contributed by atoms with Crippen LogP contribution in [0.5, 0.6) is 0 Å². The molecule has 0 heterocycles. The average Bonchev–Trinajstić information content (AvgIpc) is 2.29. The first-order valence-corrected chi connectivity index (χ1v) is 10.6. The van der Waals surface area contributed by atoms with Crippen molar-refractivity contribution >= 4 is 14.3 Å². The first-order valence-electron chi connectivity index (χ1n) is 7.73. The summed E-state index contributed by atoms with van der Waals surface area (Å²) in [6.07, 6.45) is 4.16. The molecule has 0 aliphatic heterocycles. The monoisotopic (exact) mass is 303 g/mol. The van der Waals surface area contributed by atoms with E-state index in [2.05, 4.69) is 39.2 Å². The van der Waals surface area contributed by atoms with Crippen LogP contribution in [0.25, 0.3) is 0 Å². The molecular weight excluding hydrogens is 270 g/mol. The highest BCUT2D eigenvalue weighted by Crippen LogP contribution is 2.36. The number of carboxylic acid groups (broad SMARTS) is 1. The Morgan fingerprint density at radius 1 is 1.10 bits per heavy atom. The van der Waals surface area contributed by atoms with Crippen LogP contribution in [0.15, 0.2) is 0 Å². The quantitative estimate of drug-likeness (QED) is 0.452. The van der Waals surface area contributed by atoms with E-state index in [4.69, 9.17) is 9.53 Å². The molecule has 5 heteroatoms. The van der Waals surface area contributed by atoms with Crippen molar-refractivity contribution in [1.29, 1.82) is 0 Å². The van der Waals surface area contributed by atoms with E-state index in [1.807, 2.05) is 0 Å². The summed E-state index contributed by atoms with van der Waals surface area (Å²) in [6.45, 7) is 14.1. The SMILES string of the molecule is CC(C)(C)[Si](C)(C)OCCCNCCCCCC(=O)O. The molecule has 0 aromatic rings. The van der Waals surface area contributed by atoms with Crippen molar-refractivity contribution < 1.29 is 14.3 Å². The minimum atomic E-state index is -1.59. The van der Waals surface area contributed by atoms with Gasteiger partial charge in [0.2, 0.25) is 0 Å². The van der Waals surface area contributed by atoms with Crippen molar-refractivity contribution in [3.8, 4) is 0 Å². The van der Waals surface area contributed by atoms with Gasteiger partial charge in [-0.15, -0.1) is 0 Å². The zero-order valence-corrected chi connectivity index (χ0v) is 14.9. The summed E-state index contributed by atoms with van der Waals surface area (Å²) in [5, 5.41) is 12.2. The van der Waals surface area contributed by atoms with Crippen molar-refractivity contribution in [3.05, 3.63) is 0 Å². The van der Waals surface area contributed by atoms with Crippen molar-refractivity contribution in [2.24, 2.45) is 0 Å². The molecule has 2 N–H and O–H groups in total. The summed E-state index contributed by atoms with van der Waals surface area (Å²) >= 11 is 0. The van der Waals surface area contributed by atoms with Gasteiger partial charge in [-0.3, -0.25) is 4.79 Å². The van der Waals surface area contributed by atoms with E-state index < -0.39 is 14.3 Å². The van der Waals surface area contributed by atoms with Crippen LogP contribution >= 0.6 is 0 Å². The lowest BCUT2D eigenvalue weighted by Crippen LogP contribution is -2.41. The number of rotatable bonds is 11. The standard InChI is InChI=1S/C15H33NO3Si/c1-15(2,3)20(4,5)19-13-9-12-16-11-8-6-7-10-14(17)18/h16H,6-13H2,1-5H3,(H,17,18). The normalized spacial score (nSPS) is 12.7. The topological polar surface area (TPSA) is 58.6 Å². The first-order chi connectivity index (χ1) is 9.17. The highest BCUT2D eigenvalue weighted by molar-refractivity contribution is 6.74. The van der Waals surface area contributed by atoms with Gasteiger partial charge in [0.15, 0.2) is 8.32 Å². The van der Waals surface area contributed by atoms with Crippen LogP contribution < -0.4 is 5.32 Å². The van der Waals surface area contributed by atoms with E-state index in [1.165, 1.54) is 0 Å². The number of carboxylic acids is 1.